The molecular formula is C18H25FN4. The molecule has 0 spiro atoms. The van der Waals surface area contributed by atoms with E-state index in [0.717, 1.165) is 54.4 Å². The van der Waals surface area contributed by atoms with Gasteiger partial charge in [-0.25, -0.2) is 4.39 Å². The van der Waals surface area contributed by atoms with Gasteiger partial charge in [0, 0.05) is 43.8 Å². The van der Waals surface area contributed by atoms with E-state index in [1.54, 1.807) is 12.1 Å². The molecule has 0 amide bonds. The zero-order chi connectivity index (χ0) is 16.2. The van der Waals surface area contributed by atoms with E-state index in [1.165, 1.54) is 18.9 Å². The van der Waals surface area contributed by atoms with Crippen LogP contribution in [0.1, 0.15) is 25.3 Å². The molecule has 1 saturated heterocycles. The Labute approximate surface area is 136 Å². The summed E-state index contributed by atoms with van der Waals surface area (Å²) in [6.07, 6.45) is 5.26. The van der Waals surface area contributed by atoms with Gasteiger partial charge in [0.2, 0.25) is 0 Å². The molecule has 3 rings (SSSR count). The number of H-pyrrole nitrogens is 1. The Morgan fingerprint density at radius 3 is 2.91 bits per heavy atom. The molecule has 0 bridgehead atoms. The normalized spacial score (nSPS) is 17.0. The maximum atomic E-state index is 13.4. The third-order valence-electron chi connectivity index (χ3n) is 4.70. The minimum Gasteiger partial charge on any atom is -0.361 e. The van der Waals surface area contributed by atoms with Crippen molar-refractivity contribution in [3.05, 3.63) is 35.8 Å². The van der Waals surface area contributed by atoms with Gasteiger partial charge in [0.05, 0.1) is 0 Å². The number of fused-ring (bicyclic) bond motifs is 1. The highest BCUT2D eigenvalue weighted by Crippen LogP contribution is 2.20. The summed E-state index contributed by atoms with van der Waals surface area (Å²) in [4.78, 5) is 9.92. The summed E-state index contributed by atoms with van der Waals surface area (Å²) in [6, 6.07) is 4.87. The summed E-state index contributed by atoms with van der Waals surface area (Å²) in [5.41, 5.74) is 2.12. The van der Waals surface area contributed by atoms with Gasteiger partial charge in [-0.05, 0) is 48.9 Å². The number of aromatic nitrogens is 1. The molecule has 124 valence electrons. The third kappa shape index (κ3) is 3.66. The molecule has 23 heavy (non-hydrogen) atoms. The van der Waals surface area contributed by atoms with Crippen molar-refractivity contribution >= 4 is 16.9 Å². The van der Waals surface area contributed by atoms with Gasteiger partial charge in [-0.3, -0.25) is 4.99 Å². The van der Waals surface area contributed by atoms with Gasteiger partial charge < -0.3 is 15.2 Å². The number of hydrogen-bond acceptors (Lipinski definition) is 1. The van der Waals surface area contributed by atoms with E-state index in [2.05, 4.69) is 27.1 Å². The fourth-order valence-corrected chi connectivity index (χ4v) is 3.22. The van der Waals surface area contributed by atoms with Crippen molar-refractivity contribution in [2.45, 2.75) is 26.2 Å². The predicted octanol–water partition coefficient (Wildman–Crippen LogP) is 3.16. The van der Waals surface area contributed by atoms with Crippen molar-refractivity contribution < 1.29 is 4.39 Å². The number of nitrogens with one attached hydrogen (secondary N) is 2. The van der Waals surface area contributed by atoms with Crippen LogP contribution in [0.4, 0.5) is 4.39 Å². The lowest BCUT2D eigenvalue weighted by molar-refractivity contribution is 0.273. The Morgan fingerprint density at radius 1 is 1.39 bits per heavy atom. The van der Waals surface area contributed by atoms with E-state index in [1.807, 2.05) is 13.2 Å². The maximum absolute atomic E-state index is 13.4. The van der Waals surface area contributed by atoms with Crippen molar-refractivity contribution in [2.75, 3.05) is 26.7 Å². The minimum absolute atomic E-state index is 0.190. The number of hydrogen-bond donors (Lipinski definition) is 2. The Kier molecular flexibility index (Phi) is 4.84. The van der Waals surface area contributed by atoms with Crippen LogP contribution in [-0.2, 0) is 6.42 Å². The Bertz CT molecular complexity index is 683. The molecule has 0 saturated carbocycles. The van der Waals surface area contributed by atoms with Gasteiger partial charge in [0.25, 0.3) is 0 Å². The quantitative estimate of drug-likeness (QED) is 0.675. The molecule has 0 atom stereocenters. The average Bonchev–Trinajstić information content (AvgIpc) is 2.95. The second kappa shape index (κ2) is 7.02. The van der Waals surface area contributed by atoms with E-state index in [4.69, 9.17) is 0 Å². The first-order valence-electron chi connectivity index (χ1n) is 8.38. The number of benzene rings is 1. The van der Waals surface area contributed by atoms with Crippen LogP contribution in [0.25, 0.3) is 10.9 Å². The SMILES string of the molecule is CN=C(NCCc1c[nH]c2ccc(F)cc12)N1CCC(C)CC1. The first kappa shape index (κ1) is 15.8. The summed E-state index contributed by atoms with van der Waals surface area (Å²) in [5.74, 6) is 1.60. The maximum Gasteiger partial charge on any atom is 0.193 e. The second-order valence-corrected chi connectivity index (χ2v) is 6.40. The smallest absolute Gasteiger partial charge is 0.193 e. The largest absolute Gasteiger partial charge is 0.361 e. The number of nitrogens with zero attached hydrogens (tertiary/aromatic N) is 2. The molecular weight excluding hydrogens is 291 g/mol. The van der Waals surface area contributed by atoms with Gasteiger partial charge in [0.1, 0.15) is 5.82 Å². The lowest BCUT2D eigenvalue weighted by atomic mass is 9.99. The summed E-state index contributed by atoms with van der Waals surface area (Å²) < 4.78 is 13.4. The average molecular weight is 316 g/mol. The van der Waals surface area contributed by atoms with Crippen LogP contribution in [0, 0.1) is 11.7 Å². The van der Waals surface area contributed by atoms with Crippen LogP contribution >= 0.6 is 0 Å². The standard InChI is InChI=1S/C18H25FN4/c1-13-6-9-23(10-7-13)18(20-2)21-8-5-14-12-22-17-4-3-15(19)11-16(14)17/h3-4,11-13,22H,5-10H2,1-2H3,(H,20,21). The van der Waals surface area contributed by atoms with Crippen molar-refractivity contribution in [1.82, 2.24) is 15.2 Å². The molecule has 2 N–H and O–H groups in total. The van der Waals surface area contributed by atoms with E-state index < -0.39 is 0 Å². The van der Waals surface area contributed by atoms with E-state index >= 15 is 0 Å². The molecule has 4 nitrogen and oxygen atoms in total. The minimum atomic E-state index is -0.190. The molecule has 0 unspecified atom stereocenters. The molecule has 0 radical (unpaired) electrons. The van der Waals surface area contributed by atoms with Crippen LogP contribution in [0.2, 0.25) is 0 Å². The number of aromatic amines is 1. The highest BCUT2D eigenvalue weighted by molar-refractivity contribution is 5.83. The van der Waals surface area contributed by atoms with Gasteiger partial charge in [-0.1, -0.05) is 6.92 Å². The summed E-state index contributed by atoms with van der Waals surface area (Å²) in [5, 5.41) is 4.41. The van der Waals surface area contributed by atoms with Crippen LogP contribution in [0.15, 0.2) is 29.4 Å². The number of guanidine groups is 1. The highest BCUT2D eigenvalue weighted by Gasteiger charge is 2.18. The molecule has 2 heterocycles. The van der Waals surface area contributed by atoms with Crippen molar-refractivity contribution in [1.29, 1.82) is 0 Å². The van der Waals surface area contributed by atoms with Gasteiger partial charge >= 0.3 is 0 Å². The number of aliphatic imine (C=N–C) groups is 1. The molecule has 1 aromatic carbocycles. The molecule has 0 aliphatic carbocycles. The molecule has 2 aromatic rings. The highest BCUT2D eigenvalue weighted by atomic mass is 19.1. The van der Waals surface area contributed by atoms with Crippen molar-refractivity contribution in [3.8, 4) is 0 Å². The van der Waals surface area contributed by atoms with Crippen LogP contribution in [0.5, 0.6) is 0 Å². The van der Waals surface area contributed by atoms with Gasteiger partial charge in [-0.2, -0.15) is 0 Å². The summed E-state index contributed by atoms with van der Waals surface area (Å²) >= 11 is 0. The number of rotatable bonds is 3. The molecule has 1 aliphatic heterocycles. The molecule has 1 fully saturated rings. The van der Waals surface area contributed by atoms with Crippen molar-refractivity contribution in [3.63, 3.8) is 0 Å². The van der Waals surface area contributed by atoms with Gasteiger partial charge in [0.15, 0.2) is 5.96 Å². The first-order chi connectivity index (χ1) is 11.2. The van der Waals surface area contributed by atoms with E-state index in [9.17, 15) is 4.39 Å². The lowest BCUT2D eigenvalue weighted by Gasteiger charge is -2.32. The topological polar surface area (TPSA) is 43.4 Å². The van der Waals surface area contributed by atoms with Crippen molar-refractivity contribution in [2.24, 2.45) is 10.9 Å². The molecule has 1 aromatic heterocycles. The monoisotopic (exact) mass is 316 g/mol. The van der Waals surface area contributed by atoms with Crippen LogP contribution in [0.3, 0.4) is 0 Å². The Hall–Kier alpha value is -2.04. The predicted molar refractivity (Wildman–Crippen MR) is 93.3 cm³/mol. The van der Waals surface area contributed by atoms with Crippen LogP contribution in [-0.4, -0.2) is 42.5 Å². The number of halogens is 1. The molecule has 5 heteroatoms. The van der Waals surface area contributed by atoms with Gasteiger partial charge in [-0.15, -0.1) is 0 Å². The number of likely N-dealkylation sites (tertiary alicyclic amines) is 1. The van der Waals surface area contributed by atoms with Crippen LogP contribution < -0.4 is 5.32 Å². The fraction of sp³-hybridized carbons (Fsp3) is 0.500. The number of piperidine rings is 1. The zero-order valence-electron chi connectivity index (χ0n) is 13.9. The zero-order valence-corrected chi connectivity index (χ0v) is 13.9. The van der Waals surface area contributed by atoms with E-state index in [-0.39, 0.29) is 5.82 Å². The van der Waals surface area contributed by atoms with E-state index in [0.29, 0.717) is 0 Å². The summed E-state index contributed by atoms with van der Waals surface area (Å²) in [7, 11) is 1.83. The Morgan fingerprint density at radius 2 is 2.17 bits per heavy atom. The molecule has 1 aliphatic rings. The third-order valence-corrected chi connectivity index (χ3v) is 4.70. The fourth-order valence-electron chi connectivity index (χ4n) is 3.22. The lowest BCUT2D eigenvalue weighted by Crippen LogP contribution is -2.45. The summed E-state index contributed by atoms with van der Waals surface area (Å²) in [6.45, 7) is 5.24. The second-order valence-electron chi connectivity index (χ2n) is 6.40. The first-order valence-corrected chi connectivity index (χ1v) is 8.38. The Balaban J connectivity index is 1.58.